The van der Waals surface area contributed by atoms with Crippen LogP contribution in [0.5, 0.6) is 0 Å². The fraction of sp³-hybridized carbons (Fsp3) is 0.429. The van der Waals surface area contributed by atoms with Gasteiger partial charge in [0.05, 0.1) is 4.92 Å². The number of nitrogens with zero attached hydrogens (tertiary/aromatic N) is 2. The highest BCUT2D eigenvalue weighted by atomic mass is 79.9. The quantitative estimate of drug-likeness (QED) is 0.420. The van der Waals surface area contributed by atoms with Crippen LogP contribution in [0.2, 0.25) is 0 Å². The molecule has 0 unspecified atom stereocenters. The maximum Gasteiger partial charge on any atom is 0.265 e. The van der Waals surface area contributed by atoms with Crippen LogP contribution < -0.4 is 0 Å². The van der Waals surface area contributed by atoms with Gasteiger partial charge in [-0.3, -0.25) is 10.1 Å². The number of halogens is 1. The Balaban J connectivity index is 2.55. The number of hydrogen-bond acceptors (Lipinski definition) is 3. The van der Waals surface area contributed by atoms with E-state index >= 15 is 0 Å². The van der Waals surface area contributed by atoms with Gasteiger partial charge >= 0.3 is 0 Å². The molecule has 0 N–H and O–H groups in total. The van der Waals surface area contributed by atoms with E-state index in [1.54, 1.807) is 6.08 Å². The van der Waals surface area contributed by atoms with Crippen molar-refractivity contribution >= 4 is 15.9 Å². The predicted molar refractivity (Wildman–Crippen MR) is 49.6 cm³/mol. The van der Waals surface area contributed by atoms with Crippen LogP contribution in [0.3, 0.4) is 0 Å². The van der Waals surface area contributed by atoms with E-state index in [2.05, 4.69) is 15.9 Å². The van der Waals surface area contributed by atoms with E-state index in [0.717, 1.165) is 11.9 Å². The fourth-order valence-corrected chi connectivity index (χ4v) is 1.43. The molecule has 0 saturated heterocycles. The van der Waals surface area contributed by atoms with Crippen molar-refractivity contribution in [3.05, 3.63) is 34.2 Å². The molecular formula is C7H9BrN2O2. The highest BCUT2D eigenvalue weighted by molar-refractivity contribution is 9.09. The summed E-state index contributed by atoms with van der Waals surface area (Å²) in [7, 11) is 0. The summed E-state index contributed by atoms with van der Waals surface area (Å²) < 4.78 is 0. The van der Waals surface area contributed by atoms with Gasteiger partial charge in [-0.25, -0.2) is 0 Å². The van der Waals surface area contributed by atoms with Crippen LogP contribution in [0.25, 0.3) is 0 Å². The average Bonchev–Trinajstić information content (AvgIpc) is 2.05. The van der Waals surface area contributed by atoms with Crippen molar-refractivity contribution in [1.29, 1.82) is 0 Å². The molecule has 0 aliphatic carbocycles. The Kier molecular flexibility index (Phi) is 3.28. The van der Waals surface area contributed by atoms with Crippen molar-refractivity contribution in [3.63, 3.8) is 0 Å². The van der Waals surface area contributed by atoms with Gasteiger partial charge < -0.3 is 4.90 Å². The molecule has 0 fully saturated rings. The molecule has 0 spiro atoms. The molecule has 0 amide bonds. The minimum absolute atomic E-state index is 0.249. The number of rotatable bonds is 3. The molecule has 0 aromatic heterocycles. The Hall–Kier alpha value is -0.840. The van der Waals surface area contributed by atoms with E-state index < -0.39 is 0 Å². The summed E-state index contributed by atoms with van der Waals surface area (Å²) in [4.78, 5) is 11.9. The number of hydrogen-bond donors (Lipinski definition) is 0. The summed E-state index contributed by atoms with van der Waals surface area (Å²) in [5, 5.41) is 11.2. The SMILES string of the molecule is O=[N+]([O-])C1=CC=CN(CCBr)C1. The van der Waals surface area contributed by atoms with Crippen LogP contribution in [-0.2, 0) is 0 Å². The summed E-state index contributed by atoms with van der Waals surface area (Å²) >= 11 is 3.28. The maximum absolute atomic E-state index is 10.4. The molecule has 1 heterocycles. The van der Waals surface area contributed by atoms with E-state index in [4.69, 9.17) is 0 Å². The molecule has 1 rings (SSSR count). The first kappa shape index (κ1) is 9.25. The number of allylic oxidation sites excluding steroid dienone is 2. The van der Waals surface area contributed by atoms with Crippen molar-refractivity contribution in [1.82, 2.24) is 4.90 Å². The number of alkyl halides is 1. The Morgan fingerprint density at radius 1 is 1.75 bits per heavy atom. The minimum atomic E-state index is -0.343. The predicted octanol–water partition coefficient (Wildman–Crippen LogP) is 1.37. The summed E-state index contributed by atoms with van der Waals surface area (Å²) in [6.45, 7) is 1.19. The standard InChI is InChI=1S/C7H9BrN2O2/c8-3-5-9-4-1-2-7(6-9)10(11)12/h1-2,4H,3,5-6H2. The van der Waals surface area contributed by atoms with Crippen LogP contribution in [0, 0.1) is 10.1 Å². The first-order valence-corrected chi connectivity index (χ1v) is 4.68. The molecule has 0 radical (unpaired) electrons. The molecule has 0 atom stereocenters. The van der Waals surface area contributed by atoms with Gasteiger partial charge in [0.15, 0.2) is 0 Å². The van der Waals surface area contributed by atoms with Crippen molar-refractivity contribution in [2.75, 3.05) is 18.4 Å². The first-order valence-electron chi connectivity index (χ1n) is 3.56. The van der Waals surface area contributed by atoms with Crippen LogP contribution in [0.1, 0.15) is 0 Å². The van der Waals surface area contributed by atoms with Gasteiger partial charge in [0.1, 0.15) is 6.54 Å². The van der Waals surface area contributed by atoms with E-state index in [9.17, 15) is 10.1 Å². The van der Waals surface area contributed by atoms with Crippen molar-refractivity contribution in [3.8, 4) is 0 Å². The Morgan fingerprint density at radius 2 is 2.50 bits per heavy atom. The topological polar surface area (TPSA) is 46.4 Å². The Labute approximate surface area is 78.8 Å². The average molecular weight is 233 g/mol. The molecule has 0 bridgehead atoms. The van der Waals surface area contributed by atoms with E-state index in [1.807, 2.05) is 11.1 Å². The van der Waals surface area contributed by atoms with Crippen LogP contribution in [-0.4, -0.2) is 28.2 Å². The molecule has 1 aliphatic heterocycles. The molecule has 4 nitrogen and oxygen atoms in total. The third-order valence-electron chi connectivity index (χ3n) is 1.56. The Morgan fingerprint density at radius 3 is 3.08 bits per heavy atom. The third kappa shape index (κ3) is 2.34. The van der Waals surface area contributed by atoms with Gasteiger partial charge in [0.2, 0.25) is 0 Å². The third-order valence-corrected chi connectivity index (χ3v) is 1.91. The van der Waals surface area contributed by atoms with Crippen molar-refractivity contribution in [2.45, 2.75) is 0 Å². The lowest BCUT2D eigenvalue weighted by atomic mass is 10.3. The normalized spacial score (nSPS) is 16.1. The van der Waals surface area contributed by atoms with Crippen LogP contribution in [0.15, 0.2) is 24.0 Å². The highest BCUT2D eigenvalue weighted by Crippen LogP contribution is 2.07. The second kappa shape index (κ2) is 4.25. The summed E-state index contributed by atoms with van der Waals surface area (Å²) in [6, 6.07) is 0. The molecule has 0 saturated carbocycles. The van der Waals surface area contributed by atoms with Gasteiger partial charge in [0, 0.05) is 18.0 Å². The van der Waals surface area contributed by atoms with Gasteiger partial charge in [-0.1, -0.05) is 15.9 Å². The maximum atomic E-state index is 10.4. The number of nitro groups is 1. The largest absolute Gasteiger partial charge is 0.366 e. The minimum Gasteiger partial charge on any atom is -0.366 e. The van der Waals surface area contributed by atoms with Crippen LogP contribution >= 0.6 is 15.9 Å². The van der Waals surface area contributed by atoms with Crippen molar-refractivity contribution in [2.24, 2.45) is 0 Å². The first-order chi connectivity index (χ1) is 5.74. The van der Waals surface area contributed by atoms with Crippen LogP contribution in [0.4, 0.5) is 0 Å². The molecular weight excluding hydrogens is 224 g/mol. The van der Waals surface area contributed by atoms with Gasteiger partial charge in [-0.2, -0.15) is 0 Å². The van der Waals surface area contributed by atoms with Crippen molar-refractivity contribution < 1.29 is 4.92 Å². The second-order valence-electron chi connectivity index (χ2n) is 2.42. The molecule has 0 aromatic carbocycles. The summed E-state index contributed by atoms with van der Waals surface area (Å²) in [5.74, 6) is 0. The van der Waals surface area contributed by atoms with E-state index in [-0.39, 0.29) is 10.6 Å². The molecule has 12 heavy (non-hydrogen) atoms. The smallest absolute Gasteiger partial charge is 0.265 e. The van der Waals surface area contributed by atoms with Gasteiger partial charge in [-0.05, 0) is 12.3 Å². The zero-order valence-corrected chi connectivity index (χ0v) is 8.03. The molecule has 0 aromatic rings. The zero-order valence-electron chi connectivity index (χ0n) is 6.44. The lowest BCUT2D eigenvalue weighted by Gasteiger charge is -2.19. The molecule has 5 heteroatoms. The van der Waals surface area contributed by atoms with E-state index in [0.29, 0.717) is 6.54 Å². The van der Waals surface area contributed by atoms with E-state index in [1.165, 1.54) is 6.08 Å². The zero-order chi connectivity index (χ0) is 8.97. The molecule has 66 valence electrons. The fourth-order valence-electron chi connectivity index (χ4n) is 0.970. The monoisotopic (exact) mass is 232 g/mol. The lowest BCUT2D eigenvalue weighted by Crippen LogP contribution is -2.26. The lowest BCUT2D eigenvalue weighted by molar-refractivity contribution is -0.427. The molecule has 1 aliphatic rings. The Bertz CT molecular complexity index is 238. The highest BCUT2D eigenvalue weighted by Gasteiger charge is 2.15. The second-order valence-corrected chi connectivity index (χ2v) is 3.21. The van der Waals surface area contributed by atoms with Gasteiger partial charge in [0.25, 0.3) is 5.70 Å². The van der Waals surface area contributed by atoms with Gasteiger partial charge in [-0.15, -0.1) is 0 Å². The summed E-state index contributed by atoms with van der Waals surface area (Å²) in [5.41, 5.74) is 0.249. The summed E-state index contributed by atoms with van der Waals surface area (Å²) in [6.07, 6.45) is 5.09.